The van der Waals surface area contributed by atoms with Crippen LogP contribution < -0.4 is 4.90 Å². The molecular weight excluding hydrogens is 937 g/mol. The van der Waals surface area contributed by atoms with Crippen molar-refractivity contribution >= 4 is 70.4 Å². The van der Waals surface area contributed by atoms with E-state index in [1.54, 1.807) is 0 Å². The lowest BCUT2D eigenvalue weighted by Crippen LogP contribution is -2.29. The first-order chi connectivity index (χ1) is 37.7. The Morgan fingerprint density at radius 1 is 0.355 bits per heavy atom. The number of fused-ring (bicyclic) bond motifs is 10. The molecule has 0 bridgehead atoms. The fraction of sp³-hybridized carbons (Fsp3) is 0.0137. The van der Waals surface area contributed by atoms with E-state index in [4.69, 9.17) is 0 Å². The van der Waals surface area contributed by atoms with Gasteiger partial charge in [-0.15, -0.1) is 11.3 Å². The fourth-order valence-corrected chi connectivity index (χ4v) is 13.9. The summed E-state index contributed by atoms with van der Waals surface area (Å²) in [7, 11) is 0. The van der Waals surface area contributed by atoms with Gasteiger partial charge in [-0.1, -0.05) is 224 Å². The van der Waals surface area contributed by atoms with Crippen LogP contribution in [0.15, 0.2) is 291 Å². The first kappa shape index (κ1) is 44.0. The van der Waals surface area contributed by atoms with Crippen LogP contribution in [0.5, 0.6) is 0 Å². The quantitative estimate of drug-likeness (QED) is 0.140. The van der Waals surface area contributed by atoms with Crippen LogP contribution in [0.2, 0.25) is 0 Å². The van der Waals surface area contributed by atoms with Crippen LogP contribution in [0.1, 0.15) is 22.3 Å². The molecule has 0 radical (unpaired) electrons. The van der Waals surface area contributed by atoms with E-state index in [0.29, 0.717) is 0 Å². The molecule has 356 valence electrons. The summed E-state index contributed by atoms with van der Waals surface area (Å²) in [5.74, 6) is 0. The smallest absolute Gasteiger partial charge is 0.0714 e. The SMILES string of the molecule is c1ccc(-c2cccc(C3(c4cccc(-c5ccccc5)c4)c4ccccc4-c4c3cc(-c3ccccc3N(c3ccccc3)c3cccc5c3sc3ccccc35)c3c5ccccc5n(-c5ccccc5)c43)c2)cc1. The molecule has 12 aromatic carbocycles. The summed E-state index contributed by atoms with van der Waals surface area (Å²) >= 11 is 1.87. The summed E-state index contributed by atoms with van der Waals surface area (Å²) in [6.45, 7) is 0. The molecule has 15 rings (SSSR count). The number of para-hydroxylation sites is 4. The summed E-state index contributed by atoms with van der Waals surface area (Å²) in [5.41, 5.74) is 20.6. The summed E-state index contributed by atoms with van der Waals surface area (Å²) < 4.78 is 5.09. The lowest BCUT2D eigenvalue weighted by atomic mass is 9.66. The number of rotatable bonds is 9. The van der Waals surface area contributed by atoms with Crippen LogP contribution in [0.25, 0.3) is 92.2 Å². The van der Waals surface area contributed by atoms with E-state index in [0.717, 1.165) is 33.8 Å². The molecule has 0 unspecified atom stereocenters. The lowest BCUT2D eigenvalue weighted by Gasteiger charge is -2.35. The summed E-state index contributed by atoms with van der Waals surface area (Å²) in [5, 5.41) is 4.98. The molecule has 1 aliphatic carbocycles. The monoisotopic (exact) mass is 984 g/mol. The average Bonchev–Trinajstić information content (AvgIpc) is 4.26. The van der Waals surface area contributed by atoms with Crippen LogP contribution in [0.4, 0.5) is 17.1 Å². The fourth-order valence-electron chi connectivity index (χ4n) is 12.7. The molecule has 0 aliphatic heterocycles. The predicted octanol–water partition coefficient (Wildman–Crippen LogP) is 20.0. The molecule has 0 atom stereocenters. The van der Waals surface area contributed by atoms with Crippen molar-refractivity contribution in [3.63, 3.8) is 0 Å². The van der Waals surface area contributed by atoms with Crippen molar-refractivity contribution in [3.05, 3.63) is 313 Å². The molecule has 0 saturated carbocycles. The largest absolute Gasteiger partial charge is 0.309 e. The second kappa shape index (κ2) is 17.8. The Balaban J connectivity index is 1.12. The van der Waals surface area contributed by atoms with E-state index in [1.807, 2.05) is 11.3 Å². The maximum Gasteiger partial charge on any atom is 0.0714 e. The van der Waals surface area contributed by atoms with Gasteiger partial charge in [0.15, 0.2) is 0 Å². The van der Waals surface area contributed by atoms with Crippen molar-refractivity contribution in [2.24, 2.45) is 0 Å². The van der Waals surface area contributed by atoms with Gasteiger partial charge in [0.05, 0.1) is 32.5 Å². The van der Waals surface area contributed by atoms with Gasteiger partial charge in [0.2, 0.25) is 0 Å². The summed E-state index contributed by atoms with van der Waals surface area (Å²) in [6, 6.07) is 108. The van der Waals surface area contributed by atoms with E-state index < -0.39 is 5.41 Å². The minimum atomic E-state index is -0.765. The van der Waals surface area contributed by atoms with Crippen molar-refractivity contribution in [1.82, 2.24) is 4.57 Å². The van der Waals surface area contributed by atoms with Crippen molar-refractivity contribution in [1.29, 1.82) is 0 Å². The lowest BCUT2D eigenvalue weighted by molar-refractivity contribution is 0.770. The van der Waals surface area contributed by atoms with E-state index in [-0.39, 0.29) is 0 Å². The van der Waals surface area contributed by atoms with Crippen LogP contribution in [-0.4, -0.2) is 4.57 Å². The first-order valence-corrected chi connectivity index (χ1v) is 27.0. The van der Waals surface area contributed by atoms with Crippen LogP contribution in [0.3, 0.4) is 0 Å². The van der Waals surface area contributed by atoms with Gasteiger partial charge < -0.3 is 9.47 Å². The van der Waals surface area contributed by atoms with Crippen LogP contribution >= 0.6 is 11.3 Å². The van der Waals surface area contributed by atoms with E-state index in [2.05, 4.69) is 301 Å². The minimum absolute atomic E-state index is 0.765. The van der Waals surface area contributed by atoms with Crippen LogP contribution in [0, 0.1) is 0 Å². The number of hydrogen-bond acceptors (Lipinski definition) is 2. The third-order valence-electron chi connectivity index (χ3n) is 15.8. The number of benzene rings is 12. The Bertz CT molecular complexity index is 4430. The normalized spacial score (nSPS) is 12.6. The number of nitrogens with zero attached hydrogens (tertiary/aromatic N) is 2. The number of anilines is 3. The topological polar surface area (TPSA) is 8.17 Å². The maximum atomic E-state index is 2.60. The van der Waals surface area contributed by atoms with Crippen molar-refractivity contribution in [3.8, 4) is 50.2 Å². The summed E-state index contributed by atoms with van der Waals surface area (Å²) in [4.78, 5) is 2.51. The zero-order valence-corrected chi connectivity index (χ0v) is 42.3. The Hall–Kier alpha value is -9.54. The first-order valence-electron chi connectivity index (χ1n) is 26.2. The third kappa shape index (κ3) is 6.73. The standard InChI is InChI=1S/C73H48N2S/c1-5-24-49(25-6-1)51-28-21-30-53(46-51)73(54-31-22-29-52(47-54)50-26-7-2-8-27-50)63-41-17-13-38-60(63)70-64(73)48-62(69-61-39-15-19-43-66(61)75(71(69)70)56-34-11-4-12-35-56)57-36-14-18-42-65(57)74(55-32-9-3-10-33-55)67-44-23-40-59-58-37-16-20-45-68(58)76-72(59)67/h1-48H. The Labute approximate surface area is 446 Å². The molecule has 0 amide bonds. The molecule has 3 heteroatoms. The van der Waals surface area contributed by atoms with Crippen molar-refractivity contribution in [2.75, 3.05) is 4.90 Å². The zero-order chi connectivity index (χ0) is 50.2. The predicted molar refractivity (Wildman–Crippen MR) is 322 cm³/mol. The van der Waals surface area contributed by atoms with E-state index >= 15 is 0 Å². The Morgan fingerprint density at radius 2 is 0.882 bits per heavy atom. The minimum Gasteiger partial charge on any atom is -0.309 e. The second-order valence-electron chi connectivity index (χ2n) is 19.9. The molecule has 1 aliphatic rings. The van der Waals surface area contributed by atoms with Gasteiger partial charge in [-0.3, -0.25) is 0 Å². The van der Waals surface area contributed by atoms with Gasteiger partial charge in [-0.25, -0.2) is 0 Å². The molecule has 2 nitrogen and oxygen atoms in total. The third-order valence-corrected chi connectivity index (χ3v) is 17.0. The zero-order valence-electron chi connectivity index (χ0n) is 41.5. The number of thiophene rings is 1. The molecule has 14 aromatic rings. The van der Waals surface area contributed by atoms with Crippen LogP contribution in [-0.2, 0) is 5.41 Å². The van der Waals surface area contributed by atoms with Gasteiger partial charge in [-0.05, 0) is 122 Å². The molecule has 0 N–H and O–H groups in total. The molecule has 76 heavy (non-hydrogen) atoms. The van der Waals surface area contributed by atoms with Crippen molar-refractivity contribution in [2.45, 2.75) is 5.41 Å². The molecule has 0 fully saturated rings. The highest BCUT2D eigenvalue weighted by atomic mass is 32.1. The van der Waals surface area contributed by atoms with Crippen molar-refractivity contribution < 1.29 is 0 Å². The molecule has 0 spiro atoms. The number of hydrogen-bond donors (Lipinski definition) is 0. The maximum absolute atomic E-state index is 2.60. The molecule has 0 saturated heterocycles. The van der Waals surface area contributed by atoms with Gasteiger partial charge in [0, 0.05) is 48.7 Å². The Morgan fingerprint density at radius 3 is 1.59 bits per heavy atom. The van der Waals surface area contributed by atoms with Gasteiger partial charge in [0.25, 0.3) is 0 Å². The van der Waals surface area contributed by atoms with Gasteiger partial charge in [0.1, 0.15) is 0 Å². The van der Waals surface area contributed by atoms with Gasteiger partial charge in [-0.2, -0.15) is 0 Å². The average molecular weight is 985 g/mol. The van der Waals surface area contributed by atoms with E-state index in [9.17, 15) is 0 Å². The van der Waals surface area contributed by atoms with E-state index in [1.165, 1.54) is 97.7 Å². The molecule has 2 heterocycles. The molecular formula is C73H48N2S. The highest BCUT2D eigenvalue weighted by Gasteiger charge is 2.48. The van der Waals surface area contributed by atoms with Gasteiger partial charge >= 0.3 is 0 Å². The number of aromatic nitrogens is 1. The highest BCUT2D eigenvalue weighted by Crippen LogP contribution is 2.61. The highest BCUT2D eigenvalue weighted by molar-refractivity contribution is 7.26. The summed E-state index contributed by atoms with van der Waals surface area (Å²) in [6.07, 6.45) is 0. The second-order valence-corrected chi connectivity index (χ2v) is 20.9. The molecule has 2 aromatic heterocycles. The Kier molecular flexibility index (Phi) is 10.3.